The van der Waals surface area contributed by atoms with Crippen LogP contribution in [0.2, 0.25) is 0 Å². The van der Waals surface area contributed by atoms with Gasteiger partial charge in [0, 0.05) is 12.6 Å². The summed E-state index contributed by atoms with van der Waals surface area (Å²) in [5.41, 5.74) is -0.450. The quantitative estimate of drug-likeness (QED) is 0.689. The van der Waals surface area contributed by atoms with Gasteiger partial charge in [-0.05, 0) is 39.7 Å². The minimum atomic E-state index is -0.450. The third kappa shape index (κ3) is 5.87. The van der Waals surface area contributed by atoms with Gasteiger partial charge in [-0.1, -0.05) is 39.0 Å². The first-order valence-corrected chi connectivity index (χ1v) is 7.51. The lowest BCUT2D eigenvalue weighted by atomic mass is 9.93. The monoisotopic (exact) mass is 241 g/mol. The van der Waals surface area contributed by atoms with E-state index in [2.05, 4.69) is 18.7 Å². The van der Waals surface area contributed by atoms with Gasteiger partial charge in [-0.25, -0.2) is 0 Å². The zero-order valence-corrected chi connectivity index (χ0v) is 12.0. The molecule has 1 rings (SSSR count). The highest BCUT2D eigenvalue weighted by molar-refractivity contribution is 4.85. The van der Waals surface area contributed by atoms with E-state index in [1.165, 1.54) is 45.1 Å². The van der Waals surface area contributed by atoms with E-state index in [0.29, 0.717) is 6.04 Å². The zero-order valence-electron chi connectivity index (χ0n) is 12.0. The summed E-state index contributed by atoms with van der Waals surface area (Å²) in [6, 6.07) is 0.642. The molecular weight excluding hydrogens is 210 g/mol. The molecular formula is C15H31NO. The van der Waals surface area contributed by atoms with Gasteiger partial charge in [-0.3, -0.25) is 4.90 Å². The molecule has 1 saturated heterocycles. The molecule has 0 amide bonds. The van der Waals surface area contributed by atoms with Crippen LogP contribution in [0.4, 0.5) is 0 Å². The Labute approximate surface area is 107 Å². The van der Waals surface area contributed by atoms with Gasteiger partial charge in [-0.15, -0.1) is 0 Å². The fourth-order valence-corrected chi connectivity index (χ4v) is 2.86. The average molecular weight is 241 g/mol. The van der Waals surface area contributed by atoms with Gasteiger partial charge in [-0.2, -0.15) is 0 Å². The highest BCUT2D eigenvalue weighted by Crippen LogP contribution is 2.23. The van der Waals surface area contributed by atoms with Crippen LogP contribution in [-0.2, 0) is 0 Å². The topological polar surface area (TPSA) is 23.5 Å². The van der Waals surface area contributed by atoms with E-state index >= 15 is 0 Å². The molecule has 0 aliphatic carbocycles. The van der Waals surface area contributed by atoms with Crippen molar-refractivity contribution in [2.24, 2.45) is 0 Å². The van der Waals surface area contributed by atoms with Crippen molar-refractivity contribution in [2.45, 2.75) is 83.8 Å². The van der Waals surface area contributed by atoms with Crippen molar-refractivity contribution in [3.63, 3.8) is 0 Å². The molecule has 0 aromatic rings. The summed E-state index contributed by atoms with van der Waals surface area (Å²) in [4.78, 5) is 2.48. The maximum atomic E-state index is 10.1. The normalized spacial score (nSPS) is 28.2. The van der Waals surface area contributed by atoms with Gasteiger partial charge >= 0.3 is 0 Å². The molecule has 17 heavy (non-hydrogen) atoms. The number of nitrogens with zero attached hydrogens (tertiary/aromatic N) is 1. The Morgan fingerprint density at radius 2 is 1.94 bits per heavy atom. The molecule has 0 spiro atoms. The third-order valence-electron chi connectivity index (χ3n) is 4.05. The molecule has 0 saturated carbocycles. The highest BCUT2D eigenvalue weighted by atomic mass is 16.3. The summed E-state index contributed by atoms with van der Waals surface area (Å²) in [5.74, 6) is 0. The number of unbranched alkanes of at least 4 members (excludes halogenated alkanes) is 4. The van der Waals surface area contributed by atoms with E-state index in [-0.39, 0.29) is 0 Å². The minimum Gasteiger partial charge on any atom is -0.389 e. The largest absolute Gasteiger partial charge is 0.389 e. The van der Waals surface area contributed by atoms with Gasteiger partial charge in [0.15, 0.2) is 0 Å². The van der Waals surface area contributed by atoms with Crippen molar-refractivity contribution >= 4 is 0 Å². The van der Waals surface area contributed by atoms with Crippen LogP contribution in [0.15, 0.2) is 0 Å². The predicted molar refractivity (Wildman–Crippen MR) is 74.3 cm³/mol. The summed E-state index contributed by atoms with van der Waals surface area (Å²) in [7, 11) is 0. The number of rotatable bonds is 7. The summed E-state index contributed by atoms with van der Waals surface area (Å²) in [6.45, 7) is 8.60. The first kappa shape index (κ1) is 15.0. The average Bonchev–Trinajstić information content (AvgIpc) is 2.27. The maximum Gasteiger partial charge on any atom is 0.0746 e. The molecule has 1 fully saturated rings. The summed E-state index contributed by atoms with van der Waals surface area (Å²) in [5, 5.41) is 10.1. The minimum absolute atomic E-state index is 0.450. The van der Waals surface area contributed by atoms with E-state index in [0.717, 1.165) is 19.4 Å². The van der Waals surface area contributed by atoms with Crippen LogP contribution in [0.3, 0.4) is 0 Å². The van der Waals surface area contributed by atoms with Crippen LogP contribution in [0.5, 0.6) is 0 Å². The van der Waals surface area contributed by atoms with Crippen LogP contribution in [0.25, 0.3) is 0 Å². The molecule has 0 aromatic carbocycles. The Balaban J connectivity index is 2.16. The van der Waals surface area contributed by atoms with E-state index < -0.39 is 5.60 Å². The molecule has 0 bridgehead atoms. The van der Waals surface area contributed by atoms with Crippen molar-refractivity contribution in [1.29, 1.82) is 0 Å². The van der Waals surface area contributed by atoms with E-state index in [4.69, 9.17) is 0 Å². The van der Waals surface area contributed by atoms with Crippen LogP contribution in [0, 0.1) is 0 Å². The van der Waals surface area contributed by atoms with Crippen LogP contribution < -0.4 is 0 Å². The number of likely N-dealkylation sites (tertiary alicyclic amines) is 1. The molecule has 0 radical (unpaired) electrons. The van der Waals surface area contributed by atoms with Gasteiger partial charge in [0.1, 0.15) is 0 Å². The Kier molecular flexibility index (Phi) is 6.50. The predicted octanol–water partition coefficient (Wildman–Crippen LogP) is 3.58. The third-order valence-corrected chi connectivity index (χ3v) is 4.05. The molecule has 1 aliphatic heterocycles. The van der Waals surface area contributed by atoms with Gasteiger partial charge in [0.05, 0.1) is 5.60 Å². The van der Waals surface area contributed by atoms with Crippen molar-refractivity contribution < 1.29 is 5.11 Å². The second-order valence-corrected chi connectivity index (χ2v) is 6.12. The van der Waals surface area contributed by atoms with Crippen molar-refractivity contribution in [2.75, 3.05) is 13.1 Å². The molecule has 1 heterocycles. The fraction of sp³-hybridized carbons (Fsp3) is 1.00. The molecule has 2 atom stereocenters. The van der Waals surface area contributed by atoms with Crippen LogP contribution in [0.1, 0.15) is 72.1 Å². The summed E-state index contributed by atoms with van der Waals surface area (Å²) in [6.07, 6.45) is 10.2. The van der Waals surface area contributed by atoms with Crippen molar-refractivity contribution in [1.82, 2.24) is 4.90 Å². The molecule has 0 aromatic heterocycles. The standard InChI is InChI=1S/C15H31NO/c1-4-5-6-7-8-10-14(2)16-12-9-11-15(3,17)13-16/h14,17H,4-13H2,1-3H3. The van der Waals surface area contributed by atoms with E-state index in [9.17, 15) is 5.11 Å². The second kappa shape index (κ2) is 7.38. The number of piperidine rings is 1. The SMILES string of the molecule is CCCCCCCC(C)N1CCCC(C)(O)C1. The van der Waals surface area contributed by atoms with Gasteiger partial charge in [0.2, 0.25) is 0 Å². The number of aliphatic hydroxyl groups is 1. The number of hydrogen-bond acceptors (Lipinski definition) is 2. The van der Waals surface area contributed by atoms with Crippen molar-refractivity contribution in [3.05, 3.63) is 0 Å². The van der Waals surface area contributed by atoms with E-state index in [1.807, 2.05) is 6.92 Å². The lowest BCUT2D eigenvalue weighted by Gasteiger charge is -2.40. The van der Waals surface area contributed by atoms with Crippen LogP contribution in [-0.4, -0.2) is 34.7 Å². The lowest BCUT2D eigenvalue weighted by Crippen LogP contribution is -2.49. The Morgan fingerprint density at radius 1 is 1.24 bits per heavy atom. The zero-order chi connectivity index (χ0) is 12.7. The summed E-state index contributed by atoms with van der Waals surface area (Å²) < 4.78 is 0. The van der Waals surface area contributed by atoms with Gasteiger partial charge < -0.3 is 5.11 Å². The Morgan fingerprint density at radius 3 is 2.59 bits per heavy atom. The first-order valence-electron chi connectivity index (χ1n) is 7.51. The molecule has 2 nitrogen and oxygen atoms in total. The first-order chi connectivity index (χ1) is 8.05. The maximum absolute atomic E-state index is 10.1. The van der Waals surface area contributed by atoms with E-state index in [1.54, 1.807) is 0 Å². The van der Waals surface area contributed by atoms with Crippen LogP contribution >= 0.6 is 0 Å². The number of hydrogen-bond donors (Lipinski definition) is 1. The Hall–Kier alpha value is -0.0800. The number of β-amino-alcohol motifs (C(OH)–C–C–N with tert-alkyl or cyclic N) is 1. The summed E-state index contributed by atoms with van der Waals surface area (Å²) >= 11 is 0. The van der Waals surface area contributed by atoms with Crippen molar-refractivity contribution in [3.8, 4) is 0 Å². The molecule has 2 unspecified atom stereocenters. The highest BCUT2D eigenvalue weighted by Gasteiger charge is 2.30. The second-order valence-electron chi connectivity index (χ2n) is 6.12. The Bertz CT molecular complexity index is 203. The molecule has 1 N–H and O–H groups in total. The molecule has 1 aliphatic rings. The smallest absolute Gasteiger partial charge is 0.0746 e. The lowest BCUT2D eigenvalue weighted by molar-refractivity contribution is -0.0288. The molecule has 2 heteroatoms. The molecule has 102 valence electrons. The fourth-order valence-electron chi connectivity index (χ4n) is 2.86. The van der Waals surface area contributed by atoms with Gasteiger partial charge in [0.25, 0.3) is 0 Å².